The highest BCUT2D eigenvalue weighted by molar-refractivity contribution is 14.1. The molecule has 3 nitrogen and oxygen atoms in total. The van der Waals surface area contributed by atoms with Gasteiger partial charge >= 0.3 is 0 Å². The summed E-state index contributed by atoms with van der Waals surface area (Å²) in [6.07, 6.45) is 2.24. The summed E-state index contributed by atoms with van der Waals surface area (Å²) in [5.74, 6) is 0.679. The van der Waals surface area contributed by atoms with Crippen LogP contribution in [0.2, 0.25) is 5.02 Å². The first kappa shape index (κ1) is 10.6. The van der Waals surface area contributed by atoms with E-state index in [1.165, 1.54) is 6.20 Å². The number of imidazole rings is 1. The highest BCUT2D eigenvalue weighted by Gasteiger charge is 2.07. The monoisotopic (exact) mass is 332 g/mol. The molecule has 15 heavy (non-hydrogen) atoms. The number of aromatic amines is 1. The van der Waals surface area contributed by atoms with Crippen LogP contribution in [0, 0.1) is 3.57 Å². The average molecular weight is 333 g/mol. The number of nitrogens with one attached hydrogen (secondary N) is 1. The molecule has 0 atom stereocenters. The fourth-order valence-electron chi connectivity index (χ4n) is 1.21. The van der Waals surface area contributed by atoms with E-state index in [9.17, 15) is 4.79 Å². The van der Waals surface area contributed by atoms with Gasteiger partial charge in [0, 0.05) is 14.2 Å². The maximum Gasteiger partial charge on any atom is 0.167 e. The Hall–Kier alpha value is -0.880. The van der Waals surface area contributed by atoms with Crippen molar-refractivity contribution in [3.63, 3.8) is 0 Å². The lowest BCUT2D eigenvalue weighted by molar-refractivity contribution is 0.111. The van der Waals surface area contributed by atoms with Crippen LogP contribution >= 0.6 is 34.2 Å². The van der Waals surface area contributed by atoms with Crippen LogP contribution in [0.5, 0.6) is 0 Å². The molecule has 1 aromatic carbocycles. The van der Waals surface area contributed by atoms with Gasteiger partial charge in [0.05, 0.1) is 11.9 Å². The predicted molar refractivity (Wildman–Crippen MR) is 67.1 cm³/mol. The Morgan fingerprint density at radius 2 is 2.27 bits per heavy atom. The van der Waals surface area contributed by atoms with Crippen molar-refractivity contribution < 1.29 is 4.79 Å². The molecule has 1 heterocycles. The maximum absolute atomic E-state index is 10.5. The van der Waals surface area contributed by atoms with Crippen LogP contribution in [0.15, 0.2) is 24.4 Å². The second kappa shape index (κ2) is 4.32. The zero-order valence-electron chi connectivity index (χ0n) is 7.50. The number of carbonyl (C=O) groups excluding carboxylic acids is 1. The molecule has 0 aliphatic carbocycles. The van der Waals surface area contributed by atoms with Crippen LogP contribution in [0.25, 0.3) is 11.4 Å². The number of hydrogen-bond donors (Lipinski definition) is 1. The number of rotatable bonds is 2. The maximum atomic E-state index is 10.5. The number of aldehydes is 1. The number of halogens is 2. The van der Waals surface area contributed by atoms with Gasteiger partial charge in [0.25, 0.3) is 0 Å². The first-order chi connectivity index (χ1) is 7.20. The number of benzene rings is 1. The number of carbonyl (C=O) groups is 1. The molecule has 0 amide bonds. The van der Waals surface area contributed by atoms with Gasteiger partial charge in [-0.1, -0.05) is 11.6 Å². The standard InChI is InChI=1S/C10H6ClIN2O/c11-6-1-2-8(9(12)3-6)10-13-4-7(5-15)14-10/h1-5H,(H,13,14). The van der Waals surface area contributed by atoms with E-state index in [4.69, 9.17) is 11.6 Å². The van der Waals surface area contributed by atoms with E-state index in [2.05, 4.69) is 32.6 Å². The molecular formula is C10H6ClIN2O. The molecule has 0 radical (unpaired) electrons. The number of aromatic nitrogens is 2. The molecule has 0 aliphatic heterocycles. The van der Waals surface area contributed by atoms with Crippen molar-refractivity contribution in [2.24, 2.45) is 0 Å². The summed E-state index contributed by atoms with van der Waals surface area (Å²) in [6, 6.07) is 5.51. The number of hydrogen-bond acceptors (Lipinski definition) is 2. The van der Waals surface area contributed by atoms with Gasteiger partial charge in [0.2, 0.25) is 0 Å². The van der Waals surface area contributed by atoms with Gasteiger partial charge in [-0.2, -0.15) is 0 Å². The molecular weight excluding hydrogens is 326 g/mol. The van der Waals surface area contributed by atoms with Gasteiger partial charge in [0.15, 0.2) is 6.29 Å². The van der Waals surface area contributed by atoms with Crippen molar-refractivity contribution in [2.75, 3.05) is 0 Å². The molecule has 76 valence electrons. The molecule has 1 N–H and O–H groups in total. The zero-order valence-corrected chi connectivity index (χ0v) is 10.4. The van der Waals surface area contributed by atoms with E-state index in [1.54, 1.807) is 6.07 Å². The van der Waals surface area contributed by atoms with Gasteiger partial charge < -0.3 is 4.98 Å². The van der Waals surface area contributed by atoms with E-state index in [0.717, 1.165) is 15.4 Å². The first-order valence-corrected chi connectivity index (χ1v) is 5.62. The van der Waals surface area contributed by atoms with Gasteiger partial charge in [-0.15, -0.1) is 0 Å². The number of H-pyrrole nitrogens is 1. The largest absolute Gasteiger partial charge is 0.336 e. The van der Waals surface area contributed by atoms with Crippen molar-refractivity contribution in [3.05, 3.63) is 38.7 Å². The summed E-state index contributed by atoms with van der Waals surface area (Å²) in [7, 11) is 0. The Bertz CT molecular complexity index is 510. The lowest BCUT2D eigenvalue weighted by Crippen LogP contribution is -1.85. The minimum absolute atomic E-state index is 0.468. The summed E-state index contributed by atoms with van der Waals surface area (Å²) in [5.41, 5.74) is 1.41. The van der Waals surface area contributed by atoms with E-state index in [-0.39, 0.29) is 0 Å². The third kappa shape index (κ3) is 2.21. The van der Waals surface area contributed by atoms with Crippen molar-refractivity contribution in [1.82, 2.24) is 9.97 Å². The van der Waals surface area contributed by atoms with Gasteiger partial charge in [-0.25, -0.2) is 4.98 Å². The third-order valence-electron chi connectivity index (χ3n) is 1.91. The fraction of sp³-hybridized carbons (Fsp3) is 0. The molecule has 0 spiro atoms. The van der Waals surface area contributed by atoms with Gasteiger partial charge in [0.1, 0.15) is 5.82 Å². The molecule has 0 aliphatic rings. The average Bonchev–Trinajstić information content (AvgIpc) is 2.66. The Morgan fingerprint density at radius 3 is 2.87 bits per heavy atom. The van der Waals surface area contributed by atoms with E-state index in [0.29, 0.717) is 16.5 Å². The second-order valence-electron chi connectivity index (χ2n) is 2.93. The Morgan fingerprint density at radius 1 is 1.47 bits per heavy atom. The Labute approximate surface area is 105 Å². The van der Waals surface area contributed by atoms with Crippen LogP contribution in [-0.2, 0) is 0 Å². The minimum atomic E-state index is 0.468. The molecule has 0 fully saturated rings. The summed E-state index contributed by atoms with van der Waals surface area (Å²) in [6.45, 7) is 0. The first-order valence-electron chi connectivity index (χ1n) is 4.16. The highest BCUT2D eigenvalue weighted by Crippen LogP contribution is 2.25. The predicted octanol–water partition coefficient (Wildman–Crippen LogP) is 3.15. The van der Waals surface area contributed by atoms with E-state index >= 15 is 0 Å². The third-order valence-corrected chi connectivity index (χ3v) is 3.04. The lowest BCUT2D eigenvalue weighted by Gasteiger charge is -2.00. The van der Waals surface area contributed by atoms with Crippen LogP contribution in [0.4, 0.5) is 0 Å². The van der Waals surface area contributed by atoms with E-state index < -0.39 is 0 Å². The molecule has 0 unspecified atom stereocenters. The lowest BCUT2D eigenvalue weighted by atomic mass is 10.2. The van der Waals surface area contributed by atoms with Crippen LogP contribution in [0.3, 0.4) is 0 Å². The van der Waals surface area contributed by atoms with Crippen molar-refractivity contribution in [3.8, 4) is 11.4 Å². The minimum Gasteiger partial charge on any atom is -0.336 e. The normalized spacial score (nSPS) is 10.3. The molecule has 5 heteroatoms. The molecule has 2 aromatic rings. The quantitative estimate of drug-likeness (QED) is 0.678. The molecule has 0 saturated carbocycles. The Balaban J connectivity index is 2.49. The van der Waals surface area contributed by atoms with Gasteiger partial charge in [-0.3, -0.25) is 4.79 Å². The SMILES string of the molecule is O=Cc1cnc(-c2ccc(Cl)cc2I)[nH]1. The molecule has 2 rings (SSSR count). The molecule has 0 bridgehead atoms. The summed E-state index contributed by atoms with van der Waals surface area (Å²) in [5, 5.41) is 0.685. The zero-order chi connectivity index (χ0) is 10.8. The van der Waals surface area contributed by atoms with Gasteiger partial charge in [-0.05, 0) is 40.8 Å². The van der Waals surface area contributed by atoms with Crippen LogP contribution in [0.1, 0.15) is 10.5 Å². The Kier molecular flexibility index (Phi) is 3.06. The smallest absolute Gasteiger partial charge is 0.167 e. The summed E-state index contributed by atoms with van der Waals surface area (Å²) < 4.78 is 0.992. The van der Waals surface area contributed by atoms with Crippen molar-refractivity contribution in [2.45, 2.75) is 0 Å². The van der Waals surface area contributed by atoms with Crippen molar-refractivity contribution in [1.29, 1.82) is 0 Å². The second-order valence-corrected chi connectivity index (χ2v) is 4.53. The number of nitrogens with zero attached hydrogens (tertiary/aromatic N) is 1. The van der Waals surface area contributed by atoms with Crippen LogP contribution < -0.4 is 0 Å². The highest BCUT2D eigenvalue weighted by atomic mass is 127. The van der Waals surface area contributed by atoms with E-state index in [1.807, 2.05) is 12.1 Å². The summed E-state index contributed by atoms with van der Waals surface area (Å²) in [4.78, 5) is 17.5. The summed E-state index contributed by atoms with van der Waals surface area (Å²) >= 11 is 8.02. The van der Waals surface area contributed by atoms with Crippen molar-refractivity contribution >= 4 is 40.5 Å². The molecule has 1 aromatic heterocycles. The fourth-order valence-corrected chi connectivity index (χ4v) is 2.34. The topological polar surface area (TPSA) is 45.8 Å². The van der Waals surface area contributed by atoms with Crippen LogP contribution in [-0.4, -0.2) is 16.3 Å². The molecule has 0 saturated heterocycles.